The molecule has 1 aromatic rings. The van der Waals surface area contributed by atoms with Crippen LogP contribution in [0.4, 0.5) is 0 Å². The summed E-state index contributed by atoms with van der Waals surface area (Å²) in [6.07, 6.45) is 5.69. The Morgan fingerprint density at radius 3 is 2.57 bits per heavy atom. The van der Waals surface area contributed by atoms with Gasteiger partial charge in [-0.25, -0.2) is 0 Å². The number of benzene rings is 1. The first-order chi connectivity index (χ1) is 6.92. The monoisotopic (exact) mass is 176 g/mol. The molecule has 0 aliphatic heterocycles. The summed E-state index contributed by atoms with van der Waals surface area (Å²) in [7, 11) is 0. The molecule has 1 aliphatic rings. The second-order valence-electron chi connectivity index (χ2n) is 2.95. The van der Waals surface area contributed by atoms with Gasteiger partial charge in [-0.3, -0.25) is 0 Å². The lowest BCUT2D eigenvalue weighted by atomic mass is 10.0. The zero-order valence-corrected chi connectivity index (χ0v) is 7.62. The Kier molecular flexibility index (Phi) is 2.34. The Morgan fingerprint density at radius 1 is 1.21 bits per heavy atom. The highest BCUT2D eigenvalue weighted by Crippen LogP contribution is 2.23. The fraction of sp³-hybridized carbons (Fsp3) is 0. The predicted octanol–water partition coefficient (Wildman–Crippen LogP) is 3.19. The smallest absolute Gasteiger partial charge is 0.0498 e. The van der Waals surface area contributed by atoms with E-state index in [9.17, 15) is 0 Å². The summed E-state index contributed by atoms with van der Waals surface area (Å²) in [5, 5.41) is 0. The van der Waals surface area contributed by atoms with Gasteiger partial charge >= 0.3 is 0 Å². The molecule has 0 amide bonds. The van der Waals surface area contributed by atoms with Gasteiger partial charge in [0, 0.05) is 17.7 Å². The molecular weight excluding hydrogens is 168 g/mol. The van der Waals surface area contributed by atoms with Crippen LogP contribution < -0.4 is 0 Å². The van der Waals surface area contributed by atoms with Crippen molar-refractivity contribution >= 4 is 5.57 Å². The fourth-order valence-corrected chi connectivity index (χ4v) is 1.39. The van der Waals surface area contributed by atoms with Gasteiger partial charge in [-0.05, 0) is 17.7 Å². The van der Waals surface area contributed by atoms with E-state index >= 15 is 0 Å². The van der Waals surface area contributed by atoms with Crippen LogP contribution in [-0.4, -0.2) is 0 Å². The Morgan fingerprint density at radius 2 is 2.00 bits per heavy atom. The van der Waals surface area contributed by atoms with E-state index in [4.69, 9.17) is 6.58 Å². The maximum atomic E-state index is 7.27. The fourth-order valence-electron chi connectivity index (χ4n) is 1.39. The van der Waals surface area contributed by atoms with E-state index in [1.165, 1.54) is 0 Å². The highest BCUT2D eigenvalue weighted by Gasteiger charge is 2.04. The standard InChI is InChI=1S/C14H8/c1-2-14(13-10-6-7-11-13)12-8-4-3-5-9-12/h3-10H. The lowest BCUT2D eigenvalue weighted by Gasteiger charge is -2.02. The SMILES string of the molecule is [C]=C=C(C1=C=CC=C1)c1ccccc1. The Labute approximate surface area is 83.9 Å². The Hall–Kier alpha value is -2.00. The second-order valence-corrected chi connectivity index (χ2v) is 2.95. The minimum atomic E-state index is 0.788. The molecule has 0 fully saturated rings. The number of rotatable bonds is 2. The van der Waals surface area contributed by atoms with E-state index in [0.717, 1.165) is 16.7 Å². The van der Waals surface area contributed by atoms with Gasteiger partial charge in [0.1, 0.15) is 0 Å². The molecule has 64 valence electrons. The van der Waals surface area contributed by atoms with Gasteiger partial charge in [-0.2, -0.15) is 0 Å². The maximum absolute atomic E-state index is 7.27. The largest absolute Gasteiger partial charge is 0.112 e. The van der Waals surface area contributed by atoms with Crippen molar-refractivity contribution in [2.75, 3.05) is 0 Å². The van der Waals surface area contributed by atoms with Gasteiger partial charge < -0.3 is 0 Å². The van der Waals surface area contributed by atoms with Crippen LogP contribution >= 0.6 is 0 Å². The average molecular weight is 176 g/mol. The van der Waals surface area contributed by atoms with Crippen LogP contribution in [-0.2, 0) is 0 Å². The van der Waals surface area contributed by atoms with Gasteiger partial charge in [0.25, 0.3) is 0 Å². The molecule has 0 nitrogen and oxygen atoms in total. The molecule has 0 heterocycles. The van der Waals surface area contributed by atoms with E-state index in [0.29, 0.717) is 0 Å². The topological polar surface area (TPSA) is 0 Å². The van der Waals surface area contributed by atoms with Crippen LogP contribution in [0.3, 0.4) is 0 Å². The van der Waals surface area contributed by atoms with E-state index in [1.54, 1.807) is 0 Å². The molecule has 0 bridgehead atoms. The summed E-state index contributed by atoms with van der Waals surface area (Å²) < 4.78 is 0. The van der Waals surface area contributed by atoms with Crippen LogP contribution in [0.2, 0.25) is 0 Å². The van der Waals surface area contributed by atoms with Crippen molar-refractivity contribution in [2.24, 2.45) is 0 Å². The summed E-state index contributed by atoms with van der Waals surface area (Å²) in [6.45, 7) is 7.27. The van der Waals surface area contributed by atoms with Gasteiger partial charge in [0.05, 0.1) is 0 Å². The molecule has 0 aromatic heterocycles. The van der Waals surface area contributed by atoms with Crippen molar-refractivity contribution in [3.8, 4) is 0 Å². The third kappa shape index (κ3) is 1.53. The van der Waals surface area contributed by atoms with E-state index < -0.39 is 0 Å². The number of hydrogen-bond acceptors (Lipinski definition) is 0. The van der Waals surface area contributed by atoms with Crippen molar-refractivity contribution in [1.29, 1.82) is 0 Å². The third-order valence-corrected chi connectivity index (χ3v) is 2.05. The molecule has 1 aromatic carbocycles. The highest BCUT2D eigenvalue weighted by molar-refractivity contribution is 5.81. The quantitative estimate of drug-likeness (QED) is 0.607. The maximum Gasteiger partial charge on any atom is 0.0498 e. The molecule has 2 radical (unpaired) electrons. The van der Waals surface area contributed by atoms with Crippen molar-refractivity contribution in [3.63, 3.8) is 0 Å². The molecule has 0 spiro atoms. The van der Waals surface area contributed by atoms with Crippen LogP contribution in [0.5, 0.6) is 0 Å². The average Bonchev–Trinajstić information content (AvgIpc) is 2.74. The molecule has 1 aliphatic carbocycles. The summed E-state index contributed by atoms with van der Waals surface area (Å²) >= 11 is 0. The zero-order valence-electron chi connectivity index (χ0n) is 7.62. The Balaban J connectivity index is 2.48. The first kappa shape index (κ1) is 8.59. The first-order valence-corrected chi connectivity index (χ1v) is 4.40. The molecule has 0 atom stereocenters. The molecule has 0 saturated heterocycles. The van der Waals surface area contributed by atoms with Gasteiger partial charge in [0.2, 0.25) is 0 Å². The van der Waals surface area contributed by atoms with Gasteiger partial charge in [-0.15, -0.1) is 11.5 Å². The minimum absolute atomic E-state index is 0.788. The lowest BCUT2D eigenvalue weighted by molar-refractivity contribution is 1.60. The molecule has 0 unspecified atom stereocenters. The normalized spacial score (nSPS) is 12.4. The van der Waals surface area contributed by atoms with Crippen molar-refractivity contribution in [1.82, 2.24) is 0 Å². The lowest BCUT2D eigenvalue weighted by Crippen LogP contribution is -1.83. The molecule has 2 rings (SSSR count). The van der Waals surface area contributed by atoms with Crippen LogP contribution in [0.15, 0.2) is 65.6 Å². The molecule has 0 N–H and O–H groups in total. The van der Waals surface area contributed by atoms with Crippen LogP contribution in [0.25, 0.3) is 5.57 Å². The number of allylic oxidation sites excluding steroid dienone is 4. The van der Waals surface area contributed by atoms with E-state index in [-0.39, 0.29) is 0 Å². The van der Waals surface area contributed by atoms with Gasteiger partial charge in [-0.1, -0.05) is 36.4 Å². The Bertz CT molecular complexity index is 474. The van der Waals surface area contributed by atoms with Crippen LogP contribution in [0.1, 0.15) is 5.56 Å². The predicted molar refractivity (Wildman–Crippen MR) is 57.3 cm³/mol. The highest BCUT2D eigenvalue weighted by atomic mass is 14.1. The first-order valence-electron chi connectivity index (χ1n) is 4.40. The van der Waals surface area contributed by atoms with Crippen molar-refractivity contribution in [3.05, 3.63) is 77.7 Å². The summed E-state index contributed by atoms with van der Waals surface area (Å²) in [5.74, 6) is 0. The minimum Gasteiger partial charge on any atom is -0.112 e. The van der Waals surface area contributed by atoms with E-state index in [1.807, 2.05) is 48.6 Å². The van der Waals surface area contributed by atoms with Gasteiger partial charge in [0.15, 0.2) is 0 Å². The summed E-state index contributed by atoms with van der Waals surface area (Å²) in [4.78, 5) is 0. The van der Waals surface area contributed by atoms with E-state index in [2.05, 4.69) is 11.5 Å². The molecular formula is C14H8. The summed E-state index contributed by atoms with van der Waals surface area (Å²) in [6, 6.07) is 9.81. The third-order valence-electron chi connectivity index (χ3n) is 2.05. The van der Waals surface area contributed by atoms with Crippen molar-refractivity contribution in [2.45, 2.75) is 0 Å². The van der Waals surface area contributed by atoms with Crippen molar-refractivity contribution < 1.29 is 0 Å². The second kappa shape index (κ2) is 3.81. The summed E-state index contributed by atoms with van der Waals surface area (Å²) in [5.41, 5.74) is 8.24. The number of hydrogen-bond donors (Lipinski definition) is 0. The van der Waals surface area contributed by atoms with Crippen LogP contribution in [0, 0.1) is 6.58 Å². The zero-order chi connectivity index (χ0) is 9.80. The molecule has 14 heavy (non-hydrogen) atoms. The molecule has 0 heteroatoms. The molecule has 0 saturated carbocycles.